The third-order valence-electron chi connectivity index (χ3n) is 3.60. The maximum absolute atomic E-state index is 11.7. The van der Waals surface area contributed by atoms with Crippen LogP contribution < -0.4 is 5.14 Å². The molecule has 1 aliphatic rings. The monoisotopic (exact) mass is 362 g/mol. The summed E-state index contributed by atoms with van der Waals surface area (Å²) >= 11 is 3.46. The van der Waals surface area contributed by atoms with E-state index in [1.54, 1.807) is 0 Å². The first-order valence-electron chi connectivity index (χ1n) is 6.42. The first kappa shape index (κ1) is 15.9. The second-order valence-electron chi connectivity index (χ2n) is 5.11. The Morgan fingerprint density at radius 3 is 2.55 bits per heavy atom. The van der Waals surface area contributed by atoms with Crippen LogP contribution in [0.25, 0.3) is 0 Å². The van der Waals surface area contributed by atoms with Gasteiger partial charge in [0, 0.05) is 11.0 Å². The normalized spacial score (nSPS) is 21.1. The van der Waals surface area contributed by atoms with E-state index < -0.39 is 10.2 Å². The van der Waals surface area contributed by atoms with Gasteiger partial charge in [-0.15, -0.1) is 0 Å². The van der Waals surface area contributed by atoms with Crippen LogP contribution in [0, 0.1) is 13.8 Å². The van der Waals surface area contributed by atoms with E-state index in [2.05, 4.69) is 15.9 Å². The molecular formula is C13H19BrN2O3S. The zero-order valence-corrected chi connectivity index (χ0v) is 14.0. The Bertz CT molecular complexity index is 581. The van der Waals surface area contributed by atoms with Gasteiger partial charge in [0.05, 0.1) is 19.3 Å². The fraction of sp³-hybridized carbons (Fsp3) is 0.538. The molecule has 2 rings (SSSR count). The molecule has 112 valence electrons. The van der Waals surface area contributed by atoms with Crippen molar-refractivity contribution in [3.63, 3.8) is 0 Å². The second kappa shape index (κ2) is 6.11. The quantitative estimate of drug-likeness (QED) is 0.885. The predicted molar refractivity (Wildman–Crippen MR) is 81.7 cm³/mol. The molecule has 1 saturated heterocycles. The van der Waals surface area contributed by atoms with Gasteiger partial charge < -0.3 is 4.74 Å². The summed E-state index contributed by atoms with van der Waals surface area (Å²) in [5, 5.41) is 5.29. The Kier molecular flexibility index (Phi) is 4.86. The average molecular weight is 363 g/mol. The van der Waals surface area contributed by atoms with Gasteiger partial charge in [0.1, 0.15) is 0 Å². The molecule has 1 aromatic rings. The van der Waals surface area contributed by atoms with Crippen molar-refractivity contribution >= 4 is 26.1 Å². The van der Waals surface area contributed by atoms with Crippen molar-refractivity contribution in [3.8, 4) is 0 Å². The van der Waals surface area contributed by atoms with Gasteiger partial charge in [-0.3, -0.25) is 0 Å². The van der Waals surface area contributed by atoms with Crippen LogP contribution in [0.3, 0.4) is 0 Å². The highest BCUT2D eigenvalue weighted by molar-refractivity contribution is 9.10. The molecule has 0 aromatic heterocycles. The average Bonchev–Trinajstić information content (AvgIpc) is 2.33. The molecule has 20 heavy (non-hydrogen) atoms. The van der Waals surface area contributed by atoms with Gasteiger partial charge in [-0.2, -0.15) is 12.7 Å². The van der Waals surface area contributed by atoms with Crippen molar-refractivity contribution in [1.29, 1.82) is 0 Å². The summed E-state index contributed by atoms with van der Waals surface area (Å²) in [6.45, 7) is 5.14. The largest absolute Gasteiger partial charge is 0.378 e. The zero-order valence-electron chi connectivity index (χ0n) is 11.6. The van der Waals surface area contributed by atoms with Crippen molar-refractivity contribution in [1.82, 2.24) is 4.31 Å². The van der Waals surface area contributed by atoms with Gasteiger partial charge in [-0.05, 0) is 49.1 Å². The lowest BCUT2D eigenvalue weighted by Crippen LogP contribution is -2.52. The number of hydrogen-bond acceptors (Lipinski definition) is 3. The van der Waals surface area contributed by atoms with Gasteiger partial charge in [-0.25, -0.2) is 5.14 Å². The molecule has 0 aliphatic carbocycles. The van der Waals surface area contributed by atoms with Gasteiger partial charge in [0.25, 0.3) is 10.2 Å². The number of aryl methyl sites for hydroxylation is 2. The molecule has 1 unspecified atom stereocenters. The van der Waals surface area contributed by atoms with Crippen molar-refractivity contribution in [2.24, 2.45) is 5.14 Å². The molecule has 2 N–H and O–H groups in total. The molecule has 1 fully saturated rings. The SMILES string of the molecule is Cc1cc(Br)cc(C)c1CC1COCCN1S(N)(=O)=O. The number of rotatable bonds is 3. The molecule has 1 atom stereocenters. The van der Waals surface area contributed by atoms with Crippen LogP contribution in [0.1, 0.15) is 16.7 Å². The molecule has 1 aliphatic heterocycles. The van der Waals surface area contributed by atoms with E-state index in [-0.39, 0.29) is 6.04 Å². The summed E-state index contributed by atoms with van der Waals surface area (Å²) in [4.78, 5) is 0. The maximum Gasteiger partial charge on any atom is 0.277 e. The fourth-order valence-corrected chi connectivity index (χ4v) is 4.20. The molecule has 0 bridgehead atoms. The lowest BCUT2D eigenvalue weighted by atomic mass is 9.96. The van der Waals surface area contributed by atoms with E-state index >= 15 is 0 Å². The Labute approximate surface area is 128 Å². The van der Waals surface area contributed by atoms with Crippen LogP contribution in [0.2, 0.25) is 0 Å². The third-order valence-corrected chi connectivity index (χ3v) is 5.19. The first-order chi connectivity index (χ1) is 9.29. The molecule has 0 spiro atoms. The first-order valence-corrected chi connectivity index (χ1v) is 8.71. The minimum absolute atomic E-state index is 0.239. The van der Waals surface area contributed by atoms with Crippen LogP contribution in [0.5, 0.6) is 0 Å². The van der Waals surface area contributed by atoms with E-state index in [0.29, 0.717) is 26.2 Å². The van der Waals surface area contributed by atoms with Crippen LogP contribution >= 0.6 is 15.9 Å². The number of morpholine rings is 1. The lowest BCUT2D eigenvalue weighted by molar-refractivity contribution is 0.0327. The number of halogens is 1. The summed E-state index contributed by atoms with van der Waals surface area (Å²) in [7, 11) is -3.68. The predicted octanol–water partition coefficient (Wildman–Crippen LogP) is 1.51. The molecule has 0 saturated carbocycles. The van der Waals surface area contributed by atoms with Crippen LogP contribution in [-0.2, 0) is 21.4 Å². The summed E-state index contributed by atoms with van der Waals surface area (Å²) < 4.78 is 31.1. The molecule has 0 amide bonds. The molecule has 1 aromatic carbocycles. The smallest absolute Gasteiger partial charge is 0.277 e. The second-order valence-corrected chi connectivity index (χ2v) is 7.52. The van der Waals surface area contributed by atoms with E-state index in [9.17, 15) is 8.42 Å². The van der Waals surface area contributed by atoms with Gasteiger partial charge >= 0.3 is 0 Å². The standard InChI is InChI=1S/C13H19BrN2O3S/c1-9-5-11(14)6-10(2)13(9)7-12-8-19-4-3-16(12)20(15,17)18/h5-6,12H,3-4,7-8H2,1-2H3,(H2,15,17,18). The van der Waals surface area contributed by atoms with Crippen LogP contribution in [0.15, 0.2) is 16.6 Å². The van der Waals surface area contributed by atoms with Crippen LogP contribution in [-0.4, -0.2) is 38.5 Å². The minimum atomic E-state index is -3.68. The number of nitrogens with two attached hydrogens (primary N) is 1. The summed E-state index contributed by atoms with van der Waals surface area (Å²) in [5.41, 5.74) is 3.42. The number of hydrogen-bond donors (Lipinski definition) is 1. The topological polar surface area (TPSA) is 72.6 Å². The van der Waals surface area contributed by atoms with Crippen molar-refractivity contribution in [2.75, 3.05) is 19.8 Å². The highest BCUT2D eigenvalue weighted by Gasteiger charge is 2.31. The van der Waals surface area contributed by atoms with Crippen molar-refractivity contribution < 1.29 is 13.2 Å². The molecular weight excluding hydrogens is 344 g/mol. The highest BCUT2D eigenvalue weighted by atomic mass is 79.9. The minimum Gasteiger partial charge on any atom is -0.378 e. The van der Waals surface area contributed by atoms with Gasteiger partial charge in [0.2, 0.25) is 0 Å². The molecule has 5 nitrogen and oxygen atoms in total. The summed E-state index contributed by atoms with van der Waals surface area (Å²) in [6, 6.07) is 3.83. The Morgan fingerprint density at radius 1 is 1.40 bits per heavy atom. The Balaban J connectivity index is 2.28. The summed E-state index contributed by atoms with van der Waals surface area (Å²) in [5.74, 6) is 0. The van der Waals surface area contributed by atoms with E-state index in [0.717, 1.165) is 21.2 Å². The third kappa shape index (κ3) is 3.59. The summed E-state index contributed by atoms with van der Waals surface area (Å²) in [6.07, 6.45) is 0.612. The van der Waals surface area contributed by atoms with Gasteiger partial charge in [-0.1, -0.05) is 15.9 Å². The molecule has 7 heteroatoms. The highest BCUT2D eigenvalue weighted by Crippen LogP contribution is 2.24. The van der Waals surface area contributed by atoms with Crippen molar-refractivity contribution in [2.45, 2.75) is 26.3 Å². The zero-order chi connectivity index (χ0) is 14.9. The Morgan fingerprint density at radius 2 is 2.00 bits per heavy atom. The van der Waals surface area contributed by atoms with E-state index in [4.69, 9.17) is 9.88 Å². The van der Waals surface area contributed by atoms with Crippen molar-refractivity contribution in [3.05, 3.63) is 33.3 Å². The number of ether oxygens (including phenoxy) is 1. The Hall–Kier alpha value is -0.470. The fourth-order valence-electron chi connectivity index (χ4n) is 2.63. The maximum atomic E-state index is 11.7. The molecule has 0 radical (unpaired) electrons. The molecule has 1 heterocycles. The van der Waals surface area contributed by atoms with Crippen LogP contribution in [0.4, 0.5) is 0 Å². The lowest BCUT2D eigenvalue weighted by Gasteiger charge is -2.33. The van der Waals surface area contributed by atoms with Gasteiger partial charge in [0.15, 0.2) is 0 Å². The van der Waals surface area contributed by atoms with E-state index in [1.807, 2.05) is 26.0 Å². The van der Waals surface area contributed by atoms with E-state index in [1.165, 1.54) is 4.31 Å². The number of nitrogens with zero attached hydrogens (tertiary/aromatic N) is 1. The number of benzene rings is 1.